The predicted octanol–water partition coefficient (Wildman–Crippen LogP) is 1.09. The maximum Gasteiger partial charge on any atom is 0.223 e. The number of carbonyl (C=O) groups is 1. The summed E-state index contributed by atoms with van der Waals surface area (Å²) < 4.78 is 0. The molecule has 2 fully saturated rings. The van der Waals surface area contributed by atoms with Crippen LogP contribution in [0.2, 0.25) is 0 Å². The molecule has 2 bridgehead atoms. The molecular weight excluding hydrogens is 208 g/mol. The molecule has 86 valence electrons. The minimum absolute atomic E-state index is 0.376. The maximum atomic E-state index is 12.1. The normalized spacial score (nSPS) is 30.3. The summed E-state index contributed by atoms with van der Waals surface area (Å²) in [5.41, 5.74) is 0. The van der Waals surface area contributed by atoms with Crippen LogP contribution < -0.4 is 5.32 Å². The zero-order chi connectivity index (χ0) is 10.7. The Bertz CT molecular complexity index is 221. The number of rotatable bonds is 3. The van der Waals surface area contributed by atoms with Gasteiger partial charge >= 0.3 is 0 Å². The smallest absolute Gasteiger partial charge is 0.223 e. The second-order valence-electron chi connectivity index (χ2n) is 4.42. The number of fused-ring (bicyclic) bond motifs is 2. The lowest BCUT2D eigenvalue weighted by Crippen LogP contribution is -2.42. The molecule has 2 unspecified atom stereocenters. The highest BCUT2D eigenvalue weighted by atomic mass is 32.2. The van der Waals surface area contributed by atoms with Crippen LogP contribution in [0.1, 0.15) is 25.7 Å². The van der Waals surface area contributed by atoms with Crippen LogP contribution in [0.4, 0.5) is 0 Å². The van der Waals surface area contributed by atoms with Crippen molar-refractivity contribution >= 4 is 17.7 Å². The number of amides is 1. The van der Waals surface area contributed by atoms with Gasteiger partial charge in [-0.2, -0.15) is 11.8 Å². The minimum atomic E-state index is 0.376. The van der Waals surface area contributed by atoms with Crippen LogP contribution in [0, 0.1) is 0 Å². The van der Waals surface area contributed by atoms with Gasteiger partial charge in [-0.3, -0.25) is 4.79 Å². The van der Waals surface area contributed by atoms with Gasteiger partial charge in [0.05, 0.1) is 0 Å². The average Bonchev–Trinajstić information content (AvgIpc) is 2.49. The first-order valence-electron chi connectivity index (χ1n) is 5.83. The van der Waals surface area contributed by atoms with E-state index in [1.54, 1.807) is 11.8 Å². The van der Waals surface area contributed by atoms with Gasteiger partial charge in [0.1, 0.15) is 0 Å². The first-order valence-corrected chi connectivity index (χ1v) is 7.23. The first kappa shape index (κ1) is 11.3. The fourth-order valence-corrected chi connectivity index (χ4v) is 3.09. The summed E-state index contributed by atoms with van der Waals surface area (Å²) >= 11 is 1.76. The highest BCUT2D eigenvalue weighted by molar-refractivity contribution is 7.98. The first-order chi connectivity index (χ1) is 7.33. The van der Waals surface area contributed by atoms with Crippen molar-refractivity contribution in [3.8, 4) is 0 Å². The van der Waals surface area contributed by atoms with Crippen molar-refractivity contribution < 1.29 is 4.79 Å². The molecule has 0 aromatic heterocycles. The predicted molar refractivity (Wildman–Crippen MR) is 64.1 cm³/mol. The number of carbonyl (C=O) groups excluding carboxylic acids is 1. The third-order valence-electron chi connectivity index (χ3n) is 3.46. The van der Waals surface area contributed by atoms with E-state index >= 15 is 0 Å². The van der Waals surface area contributed by atoms with Crippen molar-refractivity contribution in [2.75, 3.05) is 25.1 Å². The molecule has 2 saturated heterocycles. The van der Waals surface area contributed by atoms with Gasteiger partial charge in [-0.25, -0.2) is 0 Å². The van der Waals surface area contributed by atoms with Gasteiger partial charge in [0.15, 0.2) is 0 Å². The Hall–Kier alpha value is -0.220. The van der Waals surface area contributed by atoms with E-state index in [4.69, 9.17) is 0 Å². The van der Waals surface area contributed by atoms with Gasteiger partial charge < -0.3 is 10.2 Å². The van der Waals surface area contributed by atoms with Gasteiger partial charge in [-0.1, -0.05) is 0 Å². The zero-order valence-electron chi connectivity index (χ0n) is 9.37. The molecule has 3 nitrogen and oxygen atoms in total. The molecule has 0 aromatic rings. The third-order valence-corrected chi connectivity index (χ3v) is 4.07. The molecule has 4 heteroatoms. The summed E-state index contributed by atoms with van der Waals surface area (Å²) in [7, 11) is 0. The topological polar surface area (TPSA) is 32.3 Å². The van der Waals surface area contributed by atoms with Gasteiger partial charge in [-0.15, -0.1) is 0 Å². The monoisotopic (exact) mass is 228 g/mol. The zero-order valence-corrected chi connectivity index (χ0v) is 10.2. The van der Waals surface area contributed by atoms with E-state index in [1.165, 1.54) is 12.8 Å². The van der Waals surface area contributed by atoms with Crippen molar-refractivity contribution in [1.82, 2.24) is 10.2 Å². The minimum Gasteiger partial charge on any atom is -0.335 e. The largest absolute Gasteiger partial charge is 0.335 e. The van der Waals surface area contributed by atoms with E-state index in [0.29, 0.717) is 24.4 Å². The molecule has 2 aliphatic rings. The highest BCUT2D eigenvalue weighted by Crippen LogP contribution is 2.28. The van der Waals surface area contributed by atoms with E-state index in [1.807, 2.05) is 0 Å². The van der Waals surface area contributed by atoms with E-state index in [-0.39, 0.29) is 0 Å². The fourth-order valence-electron chi connectivity index (χ4n) is 2.71. The summed E-state index contributed by atoms with van der Waals surface area (Å²) in [5.74, 6) is 1.34. The summed E-state index contributed by atoms with van der Waals surface area (Å²) in [6, 6.07) is 1.01. The Kier molecular flexibility index (Phi) is 3.92. The van der Waals surface area contributed by atoms with Crippen LogP contribution in [0.15, 0.2) is 0 Å². The second-order valence-corrected chi connectivity index (χ2v) is 5.41. The molecule has 15 heavy (non-hydrogen) atoms. The summed E-state index contributed by atoms with van der Waals surface area (Å²) in [6.45, 7) is 2.08. The molecule has 0 aliphatic carbocycles. The quantitative estimate of drug-likeness (QED) is 0.785. The van der Waals surface area contributed by atoms with Crippen molar-refractivity contribution in [3.05, 3.63) is 0 Å². The lowest BCUT2D eigenvalue weighted by molar-refractivity contribution is -0.133. The van der Waals surface area contributed by atoms with Gasteiger partial charge in [0, 0.05) is 30.8 Å². The van der Waals surface area contributed by atoms with Crippen LogP contribution in [-0.2, 0) is 4.79 Å². The van der Waals surface area contributed by atoms with Gasteiger partial charge in [-0.05, 0) is 32.1 Å². The van der Waals surface area contributed by atoms with Crippen LogP contribution >= 0.6 is 11.8 Å². The van der Waals surface area contributed by atoms with Crippen LogP contribution in [0.3, 0.4) is 0 Å². The van der Waals surface area contributed by atoms with Crippen LogP contribution in [-0.4, -0.2) is 48.0 Å². The number of nitrogens with zero attached hydrogens (tertiary/aromatic N) is 1. The van der Waals surface area contributed by atoms with Crippen LogP contribution in [0.25, 0.3) is 0 Å². The van der Waals surface area contributed by atoms with E-state index < -0.39 is 0 Å². The average molecular weight is 228 g/mol. The molecule has 0 aromatic carbocycles. The number of nitrogens with one attached hydrogen (secondary N) is 1. The van der Waals surface area contributed by atoms with E-state index in [2.05, 4.69) is 16.5 Å². The summed E-state index contributed by atoms with van der Waals surface area (Å²) in [4.78, 5) is 14.2. The molecule has 1 N–H and O–H groups in total. The number of thioether (sulfide) groups is 1. The van der Waals surface area contributed by atoms with E-state index in [0.717, 1.165) is 25.3 Å². The van der Waals surface area contributed by atoms with Crippen molar-refractivity contribution in [2.24, 2.45) is 0 Å². The Morgan fingerprint density at radius 1 is 1.40 bits per heavy atom. The summed E-state index contributed by atoms with van der Waals surface area (Å²) in [5, 5.41) is 3.42. The highest BCUT2D eigenvalue weighted by Gasteiger charge is 2.37. The third kappa shape index (κ3) is 2.48. The van der Waals surface area contributed by atoms with Gasteiger partial charge in [0.2, 0.25) is 5.91 Å². The Morgan fingerprint density at radius 3 is 3.00 bits per heavy atom. The van der Waals surface area contributed by atoms with Crippen molar-refractivity contribution in [3.63, 3.8) is 0 Å². The van der Waals surface area contributed by atoms with Crippen molar-refractivity contribution in [1.29, 1.82) is 0 Å². The molecule has 2 aliphatic heterocycles. The molecule has 1 amide bonds. The molecule has 0 spiro atoms. The molecule has 0 saturated carbocycles. The molecule has 0 radical (unpaired) electrons. The lowest BCUT2D eigenvalue weighted by Gasteiger charge is -2.27. The fraction of sp³-hybridized carbons (Fsp3) is 0.909. The van der Waals surface area contributed by atoms with Gasteiger partial charge in [0.25, 0.3) is 0 Å². The van der Waals surface area contributed by atoms with Crippen molar-refractivity contribution in [2.45, 2.75) is 37.8 Å². The summed E-state index contributed by atoms with van der Waals surface area (Å²) in [6.07, 6.45) is 6.33. The molecule has 2 rings (SSSR count). The number of hydrogen-bond donors (Lipinski definition) is 1. The number of hydrogen-bond acceptors (Lipinski definition) is 3. The Labute approximate surface area is 96.0 Å². The van der Waals surface area contributed by atoms with E-state index in [9.17, 15) is 4.79 Å². The van der Waals surface area contributed by atoms with Crippen LogP contribution in [0.5, 0.6) is 0 Å². The second kappa shape index (κ2) is 5.21. The lowest BCUT2D eigenvalue weighted by atomic mass is 10.1. The molecular formula is C11H20N2OS. The molecule has 2 atom stereocenters. The Balaban J connectivity index is 1.97. The molecule has 2 heterocycles. The maximum absolute atomic E-state index is 12.1. The SMILES string of the molecule is CSCCC(=O)N1C2CCNCC1CC2. The standard InChI is InChI=1S/C11H20N2OS/c1-15-7-5-11(14)13-9-2-3-10(13)8-12-6-4-9/h9-10,12H,2-8H2,1H3. The Morgan fingerprint density at radius 2 is 2.20 bits per heavy atom.